The first-order valence-corrected chi connectivity index (χ1v) is 7.18. The van der Waals surface area contributed by atoms with Crippen molar-refractivity contribution >= 4 is 21.8 Å². The molecule has 1 aromatic carbocycles. The third kappa shape index (κ3) is 3.81. The van der Waals surface area contributed by atoms with Crippen molar-refractivity contribution in [1.82, 2.24) is 4.72 Å². The van der Waals surface area contributed by atoms with Crippen LogP contribution >= 0.6 is 11.8 Å². The highest BCUT2D eigenvalue weighted by atomic mass is 32.2. The molecule has 0 amide bonds. The van der Waals surface area contributed by atoms with Crippen LogP contribution < -0.4 is 4.72 Å². The van der Waals surface area contributed by atoms with Gasteiger partial charge in [-0.3, -0.25) is 0 Å². The van der Waals surface area contributed by atoms with Gasteiger partial charge in [0.25, 0.3) is 0 Å². The van der Waals surface area contributed by atoms with Gasteiger partial charge in [0, 0.05) is 12.3 Å². The summed E-state index contributed by atoms with van der Waals surface area (Å²) >= 11 is 1.55. The number of nitrogens with one attached hydrogen (secondary N) is 1. The number of hydrogen-bond acceptors (Lipinski definition) is 3. The zero-order valence-corrected chi connectivity index (χ0v) is 9.87. The molecule has 0 bridgehead atoms. The van der Waals surface area contributed by atoms with Crippen LogP contribution in [-0.4, -0.2) is 27.0 Å². The molecule has 0 unspecified atom stereocenters. The van der Waals surface area contributed by atoms with Crippen molar-refractivity contribution in [3.63, 3.8) is 0 Å². The molecular formula is C9H12FNO2S2. The highest BCUT2D eigenvalue weighted by Gasteiger charge is 2.12. The maximum atomic E-state index is 12.6. The molecule has 15 heavy (non-hydrogen) atoms. The van der Waals surface area contributed by atoms with Crippen LogP contribution in [0.5, 0.6) is 0 Å². The van der Waals surface area contributed by atoms with Crippen molar-refractivity contribution in [3.05, 3.63) is 30.1 Å². The highest BCUT2D eigenvalue weighted by Crippen LogP contribution is 2.09. The van der Waals surface area contributed by atoms with Crippen LogP contribution in [0, 0.1) is 5.82 Å². The van der Waals surface area contributed by atoms with Crippen LogP contribution in [0.25, 0.3) is 0 Å². The van der Waals surface area contributed by atoms with Crippen LogP contribution in [0.15, 0.2) is 29.2 Å². The molecule has 84 valence electrons. The van der Waals surface area contributed by atoms with Gasteiger partial charge in [-0.25, -0.2) is 17.5 Å². The summed E-state index contributed by atoms with van der Waals surface area (Å²) in [5.74, 6) is 0.263. The van der Waals surface area contributed by atoms with E-state index in [9.17, 15) is 12.8 Å². The molecule has 0 atom stereocenters. The second kappa shape index (κ2) is 5.48. The van der Waals surface area contributed by atoms with Crippen molar-refractivity contribution in [2.75, 3.05) is 18.6 Å². The predicted molar refractivity (Wildman–Crippen MR) is 60.0 cm³/mol. The molecule has 0 heterocycles. The second-order valence-electron chi connectivity index (χ2n) is 2.84. The lowest BCUT2D eigenvalue weighted by molar-refractivity contribution is 0.583. The fourth-order valence-electron chi connectivity index (χ4n) is 0.975. The lowest BCUT2D eigenvalue weighted by Crippen LogP contribution is -2.25. The average molecular weight is 249 g/mol. The normalized spacial score (nSPS) is 11.6. The Hall–Kier alpha value is -0.590. The first-order valence-electron chi connectivity index (χ1n) is 4.30. The number of hydrogen-bond donors (Lipinski definition) is 1. The molecule has 0 radical (unpaired) electrons. The molecule has 0 aliphatic heterocycles. The van der Waals surface area contributed by atoms with E-state index in [1.54, 1.807) is 11.8 Å². The van der Waals surface area contributed by atoms with Crippen LogP contribution in [0.4, 0.5) is 4.39 Å². The number of halogens is 1. The first-order chi connectivity index (χ1) is 7.06. The number of thioether (sulfide) groups is 1. The summed E-state index contributed by atoms with van der Waals surface area (Å²) < 4.78 is 38.1. The van der Waals surface area contributed by atoms with E-state index in [-0.39, 0.29) is 4.90 Å². The van der Waals surface area contributed by atoms with Crippen LogP contribution in [0.2, 0.25) is 0 Å². The minimum atomic E-state index is -3.48. The predicted octanol–water partition coefficient (Wildman–Crippen LogP) is 1.47. The van der Waals surface area contributed by atoms with Gasteiger partial charge in [-0.05, 0) is 30.5 Å². The molecule has 0 fully saturated rings. The lowest BCUT2D eigenvalue weighted by Gasteiger charge is -2.05. The maximum Gasteiger partial charge on any atom is 0.240 e. The van der Waals surface area contributed by atoms with Crippen LogP contribution in [0.1, 0.15) is 0 Å². The van der Waals surface area contributed by atoms with Gasteiger partial charge in [0.15, 0.2) is 0 Å². The highest BCUT2D eigenvalue weighted by molar-refractivity contribution is 7.98. The zero-order valence-electron chi connectivity index (χ0n) is 8.23. The summed E-state index contributed by atoms with van der Waals surface area (Å²) in [5, 5.41) is 0. The van der Waals surface area contributed by atoms with Crippen molar-refractivity contribution < 1.29 is 12.8 Å². The second-order valence-corrected chi connectivity index (χ2v) is 5.60. The van der Waals surface area contributed by atoms with Crippen molar-refractivity contribution in [3.8, 4) is 0 Å². The molecule has 0 saturated carbocycles. The van der Waals surface area contributed by atoms with Gasteiger partial charge in [0.1, 0.15) is 5.82 Å². The summed E-state index contributed by atoms with van der Waals surface area (Å²) in [6, 6.07) is 4.75. The fraction of sp³-hybridized carbons (Fsp3) is 0.333. The Kier molecular flexibility index (Phi) is 4.56. The van der Waals surface area contributed by atoms with Gasteiger partial charge in [-0.2, -0.15) is 11.8 Å². The lowest BCUT2D eigenvalue weighted by atomic mass is 10.4. The molecule has 1 N–H and O–H groups in total. The molecule has 0 spiro atoms. The third-order valence-corrected chi connectivity index (χ3v) is 3.81. The number of benzene rings is 1. The van der Waals surface area contributed by atoms with Gasteiger partial charge >= 0.3 is 0 Å². The minimum Gasteiger partial charge on any atom is -0.210 e. The van der Waals surface area contributed by atoms with E-state index >= 15 is 0 Å². The van der Waals surface area contributed by atoms with E-state index in [1.807, 2.05) is 6.26 Å². The smallest absolute Gasteiger partial charge is 0.210 e. The standard InChI is InChI=1S/C9H12FNO2S2/c1-14-7-6-11-15(12,13)9-4-2-8(10)3-5-9/h2-5,11H,6-7H2,1H3. The Bertz CT molecular complexity index is 403. The van der Waals surface area contributed by atoms with E-state index in [1.165, 1.54) is 12.1 Å². The molecule has 0 saturated heterocycles. The molecule has 6 heteroatoms. The van der Waals surface area contributed by atoms with Gasteiger partial charge in [0.2, 0.25) is 10.0 Å². The fourth-order valence-corrected chi connectivity index (χ4v) is 2.44. The maximum absolute atomic E-state index is 12.6. The average Bonchev–Trinajstić information content (AvgIpc) is 2.18. The summed E-state index contributed by atoms with van der Waals surface area (Å²) in [7, 11) is -3.48. The Balaban J connectivity index is 2.73. The van der Waals surface area contributed by atoms with E-state index in [4.69, 9.17) is 0 Å². The van der Waals surface area contributed by atoms with E-state index < -0.39 is 15.8 Å². The van der Waals surface area contributed by atoms with Crippen LogP contribution in [-0.2, 0) is 10.0 Å². The SMILES string of the molecule is CSCCNS(=O)(=O)c1ccc(F)cc1. The van der Waals surface area contributed by atoms with Crippen molar-refractivity contribution in [2.45, 2.75) is 4.90 Å². The van der Waals surface area contributed by atoms with Gasteiger partial charge in [0.05, 0.1) is 4.90 Å². The Morgan fingerprint density at radius 3 is 2.47 bits per heavy atom. The van der Waals surface area contributed by atoms with Crippen molar-refractivity contribution in [1.29, 1.82) is 0 Å². The molecule has 1 aromatic rings. The van der Waals surface area contributed by atoms with Gasteiger partial charge in [-0.15, -0.1) is 0 Å². The van der Waals surface area contributed by atoms with Crippen molar-refractivity contribution in [2.24, 2.45) is 0 Å². The summed E-state index contributed by atoms with van der Waals surface area (Å²) in [4.78, 5) is 0.0880. The summed E-state index contributed by atoms with van der Waals surface area (Å²) in [6.45, 7) is 0.376. The molecular weight excluding hydrogens is 237 g/mol. The van der Waals surface area contributed by atoms with Gasteiger partial charge in [-0.1, -0.05) is 0 Å². The summed E-state index contributed by atoms with van der Waals surface area (Å²) in [6.07, 6.45) is 1.90. The molecule has 0 aliphatic rings. The molecule has 1 rings (SSSR count). The molecule has 0 aromatic heterocycles. The zero-order chi connectivity index (χ0) is 11.3. The number of rotatable bonds is 5. The van der Waals surface area contributed by atoms with Gasteiger partial charge < -0.3 is 0 Å². The minimum absolute atomic E-state index is 0.0880. The quantitative estimate of drug-likeness (QED) is 0.804. The number of sulfonamides is 1. The van der Waals surface area contributed by atoms with Crippen LogP contribution in [0.3, 0.4) is 0 Å². The topological polar surface area (TPSA) is 46.2 Å². The Labute approximate surface area is 93.1 Å². The first kappa shape index (κ1) is 12.5. The Morgan fingerprint density at radius 2 is 1.93 bits per heavy atom. The van der Waals surface area contributed by atoms with E-state index in [0.717, 1.165) is 12.1 Å². The monoisotopic (exact) mass is 249 g/mol. The molecule has 3 nitrogen and oxygen atoms in total. The Morgan fingerprint density at radius 1 is 1.33 bits per heavy atom. The summed E-state index contributed by atoms with van der Waals surface area (Å²) in [5.41, 5.74) is 0. The van der Waals surface area contributed by atoms with E-state index in [0.29, 0.717) is 12.3 Å². The third-order valence-electron chi connectivity index (χ3n) is 1.72. The molecule has 0 aliphatic carbocycles. The largest absolute Gasteiger partial charge is 0.240 e. The van der Waals surface area contributed by atoms with E-state index in [2.05, 4.69) is 4.72 Å².